The minimum atomic E-state index is -1.15. The molecule has 0 aliphatic heterocycles. The van der Waals surface area contributed by atoms with Crippen molar-refractivity contribution in [3.63, 3.8) is 0 Å². The fourth-order valence-electron chi connectivity index (χ4n) is 1.51. The molecule has 0 aromatic heterocycles. The van der Waals surface area contributed by atoms with E-state index in [1.807, 2.05) is 20.8 Å². The van der Waals surface area contributed by atoms with Crippen LogP contribution in [0.2, 0.25) is 0 Å². The number of carboxylic acid groups (broad SMARTS) is 1. The zero-order valence-corrected chi connectivity index (χ0v) is 11.7. The Bertz CT molecular complexity index is 396. The summed E-state index contributed by atoms with van der Waals surface area (Å²) < 4.78 is 0. The molecule has 0 saturated heterocycles. The Morgan fingerprint density at radius 3 is 2.11 bits per heavy atom. The highest BCUT2D eigenvalue weighted by Crippen LogP contribution is 2.35. The van der Waals surface area contributed by atoms with Gasteiger partial charge in [-0.3, -0.25) is 4.79 Å². The highest BCUT2D eigenvalue weighted by Gasteiger charge is 2.51. The maximum atomic E-state index is 11.7. The molecule has 0 spiro atoms. The van der Waals surface area contributed by atoms with E-state index >= 15 is 0 Å². The molecule has 1 aliphatic carbocycles. The van der Waals surface area contributed by atoms with Crippen molar-refractivity contribution in [3.05, 3.63) is 0 Å². The van der Waals surface area contributed by atoms with Crippen molar-refractivity contribution in [1.82, 2.24) is 16.0 Å². The average Bonchev–Trinajstić information content (AvgIpc) is 2.95. The van der Waals surface area contributed by atoms with Crippen LogP contribution in [-0.2, 0) is 9.59 Å². The lowest BCUT2D eigenvalue weighted by atomic mass is 10.1. The molecule has 108 valence electrons. The summed E-state index contributed by atoms with van der Waals surface area (Å²) in [5.74, 6) is -1.36. The van der Waals surface area contributed by atoms with Crippen LogP contribution in [0.1, 0.15) is 40.5 Å². The van der Waals surface area contributed by atoms with Gasteiger partial charge in [0, 0.05) is 5.54 Å². The Balaban J connectivity index is 2.44. The van der Waals surface area contributed by atoms with Gasteiger partial charge < -0.3 is 21.1 Å². The third-order valence-electron chi connectivity index (χ3n) is 2.75. The van der Waals surface area contributed by atoms with Crippen LogP contribution in [0.15, 0.2) is 0 Å². The fraction of sp³-hybridized carbons (Fsp3) is 0.750. The molecule has 1 rings (SSSR count). The van der Waals surface area contributed by atoms with Gasteiger partial charge in [-0.2, -0.15) is 0 Å². The lowest BCUT2D eigenvalue weighted by molar-refractivity contribution is -0.140. The van der Waals surface area contributed by atoms with E-state index in [0.29, 0.717) is 12.8 Å². The molecule has 19 heavy (non-hydrogen) atoms. The van der Waals surface area contributed by atoms with E-state index in [2.05, 4.69) is 16.0 Å². The molecule has 1 atom stereocenters. The van der Waals surface area contributed by atoms with E-state index in [4.69, 9.17) is 5.11 Å². The molecule has 3 amide bonds. The summed E-state index contributed by atoms with van der Waals surface area (Å²) in [7, 11) is 0. The van der Waals surface area contributed by atoms with E-state index in [9.17, 15) is 14.4 Å². The first-order valence-corrected chi connectivity index (χ1v) is 6.20. The molecule has 0 bridgehead atoms. The van der Waals surface area contributed by atoms with Crippen molar-refractivity contribution in [2.24, 2.45) is 0 Å². The maximum Gasteiger partial charge on any atom is 0.329 e. The highest BCUT2D eigenvalue weighted by atomic mass is 16.4. The number of urea groups is 1. The number of amides is 3. The first kappa shape index (κ1) is 15.3. The van der Waals surface area contributed by atoms with Gasteiger partial charge in [0.1, 0.15) is 11.6 Å². The van der Waals surface area contributed by atoms with Crippen LogP contribution < -0.4 is 16.0 Å². The average molecular weight is 271 g/mol. The normalized spacial score (nSPS) is 18.1. The Hall–Kier alpha value is -1.79. The van der Waals surface area contributed by atoms with Gasteiger partial charge in [-0.1, -0.05) is 0 Å². The van der Waals surface area contributed by atoms with Gasteiger partial charge in [-0.05, 0) is 40.5 Å². The smallest absolute Gasteiger partial charge is 0.329 e. The molecule has 1 aliphatic rings. The first-order valence-electron chi connectivity index (χ1n) is 6.20. The van der Waals surface area contributed by atoms with Crippen molar-refractivity contribution in [1.29, 1.82) is 0 Å². The monoisotopic (exact) mass is 271 g/mol. The molecule has 7 nitrogen and oxygen atoms in total. The number of aliphatic carboxylic acids is 1. The Morgan fingerprint density at radius 2 is 1.74 bits per heavy atom. The molecule has 4 N–H and O–H groups in total. The van der Waals surface area contributed by atoms with Crippen LogP contribution in [0.4, 0.5) is 4.79 Å². The molecule has 0 radical (unpaired) electrons. The number of nitrogens with one attached hydrogen (secondary N) is 3. The van der Waals surface area contributed by atoms with Crippen molar-refractivity contribution in [2.75, 3.05) is 0 Å². The molecular formula is C12H21N3O4. The number of carboxylic acids is 1. The van der Waals surface area contributed by atoms with Crippen LogP contribution >= 0.6 is 0 Å². The largest absolute Gasteiger partial charge is 0.480 e. The van der Waals surface area contributed by atoms with Gasteiger partial charge in [0.05, 0.1) is 0 Å². The van der Waals surface area contributed by atoms with Gasteiger partial charge >= 0.3 is 12.0 Å². The van der Waals surface area contributed by atoms with Crippen LogP contribution in [0.5, 0.6) is 0 Å². The van der Waals surface area contributed by atoms with E-state index < -0.39 is 23.6 Å². The van der Waals surface area contributed by atoms with E-state index in [-0.39, 0.29) is 11.4 Å². The standard InChI is InChI=1S/C12H21N3O4/c1-7(8(16)14-11(2,3)4)13-10(19)15-12(5-6-12)9(17)18/h7H,5-6H2,1-4H3,(H,14,16)(H,17,18)(H2,13,15,19). The van der Waals surface area contributed by atoms with Gasteiger partial charge in [0.2, 0.25) is 5.91 Å². The minimum Gasteiger partial charge on any atom is -0.480 e. The summed E-state index contributed by atoms with van der Waals surface area (Å²) in [6.07, 6.45) is 0.830. The molecule has 0 aromatic carbocycles. The van der Waals surface area contributed by atoms with Crippen molar-refractivity contribution in [3.8, 4) is 0 Å². The second-order valence-electron chi connectivity index (χ2n) is 5.95. The summed E-state index contributed by atoms with van der Waals surface area (Å²) in [6, 6.07) is -1.37. The fourth-order valence-corrected chi connectivity index (χ4v) is 1.51. The van der Waals surface area contributed by atoms with Gasteiger partial charge in [0.25, 0.3) is 0 Å². The van der Waals surface area contributed by atoms with Crippen LogP contribution in [0, 0.1) is 0 Å². The maximum absolute atomic E-state index is 11.7. The molecule has 0 aromatic rings. The minimum absolute atomic E-state index is 0.317. The second kappa shape index (κ2) is 5.07. The van der Waals surface area contributed by atoms with Crippen molar-refractivity contribution < 1.29 is 19.5 Å². The van der Waals surface area contributed by atoms with Crippen LogP contribution in [-0.4, -0.2) is 40.1 Å². The molecule has 1 fully saturated rings. The Labute approximate surface area is 112 Å². The quantitative estimate of drug-likeness (QED) is 0.586. The van der Waals surface area contributed by atoms with E-state index in [1.165, 1.54) is 0 Å². The Kier molecular flexibility index (Phi) is 4.07. The van der Waals surface area contributed by atoms with Gasteiger partial charge in [0.15, 0.2) is 0 Å². The lowest BCUT2D eigenvalue weighted by Crippen LogP contribution is -2.55. The summed E-state index contributed by atoms with van der Waals surface area (Å²) in [4.78, 5) is 34.3. The third kappa shape index (κ3) is 4.42. The first-order chi connectivity index (χ1) is 8.56. The lowest BCUT2D eigenvalue weighted by Gasteiger charge is -2.24. The summed E-state index contributed by atoms with van der Waals surface area (Å²) in [5, 5.41) is 16.5. The molecule has 1 saturated carbocycles. The van der Waals surface area contributed by atoms with Crippen LogP contribution in [0.3, 0.4) is 0 Å². The topological polar surface area (TPSA) is 108 Å². The molecule has 0 heterocycles. The number of hydrogen-bond donors (Lipinski definition) is 4. The van der Waals surface area contributed by atoms with Crippen LogP contribution in [0.25, 0.3) is 0 Å². The Morgan fingerprint density at radius 1 is 1.21 bits per heavy atom. The van der Waals surface area contributed by atoms with E-state index in [0.717, 1.165) is 0 Å². The van der Waals surface area contributed by atoms with Crippen molar-refractivity contribution >= 4 is 17.9 Å². The zero-order valence-electron chi connectivity index (χ0n) is 11.7. The zero-order chi connectivity index (χ0) is 14.8. The predicted molar refractivity (Wildman–Crippen MR) is 68.6 cm³/mol. The second-order valence-corrected chi connectivity index (χ2v) is 5.95. The number of carbonyl (C=O) groups excluding carboxylic acids is 2. The third-order valence-corrected chi connectivity index (χ3v) is 2.75. The van der Waals surface area contributed by atoms with Gasteiger partial charge in [-0.25, -0.2) is 9.59 Å². The summed E-state index contributed by atoms with van der Waals surface area (Å²) in [5.41, 5.74) is -1.54. The number of carbonyl (C=O) groups is 3. The number of rotatable bonds is 4. The predicted octanol–water partition coefficient (Wildman–Crippen LogP) is 0.206. The molecule has 7 heteroatoms. The molecule has 1 unspecified atom stereocenters. The summed E-state index contributed by atoms with van der Waals surface area (Å²) >= 11 is 0. The molecular weight excluding hydrogens is 250 g/mol. The van der Waals surface area contributed by atoms with Crippen molar-refractivity contribution in [2.45, 2.75) is 57.7 Å². The van der Waals surface area contributed by atoms with E-state index in [1.54, 1.807) is 6.92 Å². The SMILES string of the molecule is CC(NC(=O)NC1(C(=O)O)CC1)C(=O)NC(C)(C)C. The highest BCUT2D eigenvalue weighted by molar-refractivity contribution is 5.91. The number of hydrogen-bond acceptors (Lipinski definition) is 3. The van der Waals surface area contributed by atoms with Gasteiger partial charge in [-0.15, -0.1) is 0 Å². The summed E-state index contributed by atoms with van der Waals surface area (Å²) in [6.45, 7) is 7.05.